The molecule has 0 unspecified atom stereocenters. The Balaban J connectivity index is 2.25. The van der Waals surface area contributed by atoms with E-state index in [2.05, 4.69) is 0 Å². The molecule has 8 nitrogen and oxygen atoms in total. The number of nitrogens with zero attached hydrogens (tertiary/aromatic N) is 1. The predicted molar refractivity (Wildman–Crippen MR) is 91.7 cm³/mol. The van der Waals surface area contributed by atoms with Gasteiger partial charge in [-0.05, 0) is 30.3 Å². The van der Waals surface area contributed by atoms with E-state index in [1.165, 1.54) is 32.4 Å². The maximum absolute atomic E-state index is 12.0. The molecule has 0 fully saturated rings. The Hall–Kier alpha value is -2.12. The second-order valence-electron chi connectivity index (χ2n) is 4.69. The largest absolute Gasteiger partial charge is 0.474 e. The van der Waals surface area contributed by atoms with Gasteiger partial charge in [0.05, 0.1) is 4.92 Å². The Labute approximate surface area is 148 Å². The lowest BCUT2D eigenvalue weighted by Gasteiger charge is -2.15. The molecule has 0 radical (unpaired) electrons. The van der Waals surface area contributed by atoms with Crippen LogP contribution in [0.15, 0.2) is 42.5 Å². The number of hydrogen-bond acceptors (Lipinski definition) is 7. The maximum Gasteiger partial charge on any atom is 0.367 e. The fourth-order valence-electron chi connectivity index (χ4n) is 1.79. The summed E-state index contributed by atoms with van der Waals surface area (Å²) >= 11 is 5.81. The number of rotatable bonds is 8. The first-order valence-electron chi connectivity index (χ1n) is 6.92. The molecule has 0 aromatic heterocycles. The third-order valence-electron chi connectivity index (χ3n) is 3.11. The molecule has 0 spiro atoms. The molecule has 0 atom stereocenters. The molecule has 0 amide bonds. The average molecular weight is 388 g/mol. The van der Waals surface area contributed by atoms with Gasteiger partial charge in [-0.3, -0.25) is 14.7 Å². The average Bonchev–Trinajstić information content (AvgIpc) is 2.61. The lowest BCUT2D eigenvalue weighted by atomic mass is 10.2. The van der Waals surface area contributed by atoms with Gasteiger partial charge in [0.25, 0.3) is 0 Å². The van der Waals surface area contributed by atoms with Crippen LogP contribution in [0.5, 0.6) is 17.2 Å². The number of benzene rings is 2. The van der Waals surface area contributed by atoms with Crippen LogP contribution in [0.25, 0.3) is 0 Å². The number of hydrogen-bond donors (Lipinski definition) is 0. The van der Waals surface area contributed by atoms with Crippen LogP contribution in [0, 0.1) is 10.1 Å². The van der Waals surface area contributed by atoms with Crippen LogP contribution in [0.1, 0.15) is 0 Å². The fraction of sp³-hybridized carbons (Fsp3) is 0.200. The van der Waals surface area contributed by atoms with Crippen LogP contribution in [0.4, 0.5) is 5.69 Å². The minimum atomic E-state index is -3.48. The van der Waals surface area contributed by atoms with Crippen LogP contribution in [-0.4, -0.2) is 25.5 Å². The molecule has 2 aromatic carbocycles. The lowest BCUT2D eigenvalue weighted by molar-refractivity contribution is -0.385. The standard InChI is InChI=1S/C15H15ClNO7P/c1-21-25(20,22-2)10-23-15-9-13(7-8-14(15)17(18)19)24-12-5-3-11(16)4-6-12/h3-9H,10H2,1-2H3. The van der Waals surface area contributed by atoms with Crippen molar-refractivity contribution in [2.45, 2.75) is 0 Å². The van der Waals surface area contributed by atoms with E-state index < -0.39 is 18.9 Å². The number of halogens is 1. The molecule has 0 saturated carbocycles. The van der Waals surface area contributed by atoms with E-state index in [-0.39, 0.29) is 11.4 Å². The van der Waals surface area contributed by atoms with Crippen LogP contribution in [0.2, 0.25) is 5.02 Å². The van der Waals surface area contributed by atoms with Gasteiger partial charge < -0.3 is 18.5 Å². The van der Waals surface area contributed by atoms with Crippen molar-refractivity contribution < 1.29 is 28.0 Å². The molecule has 0 bridgehead atoms. The first-order chi connectivity index (χ1) is 11.9. The zero-order chi connectivity index (χ0) is 18.4. The third kappa shape index (κ3) is 5.17. The Morgan fingerprint density at radius 1 is 1.08 bits per heavy atom. The van der Waals surface area contributed by atoms with Gasteiger partial charge >= 0.3 is 13.3 Å². The van der Waals surface area contributed by atoms with Crippen LogP contribution in [0.3, 0.4) is 0 Å². The number of ether oxygens (including phenoxy) is 2. The molecular weight excluding hydrogens is 373 g/mol. The summed E-state index contributed by atoms with van der Waals surface area (Å²) in [5.74, 6) is 0.669. The summed E-state index contributed by atoms with van der Waals surface area (Å²) in [6, 6.07) is 10.6. The monoisotopic (exact) mass is 387 g/mol. The summed E-state index contributed by atoms with van der Waals surface area (Å²) in [4.78, 5) is 10.5. The Bertz CT molecular complexity index is 789. The summed E-state index contributed by atoms with van der Waals surface area (Å²) in [6.45, 7) is 0. The van der Waals surface area contributed by atoms with Crippen molar-refractivity contribution in [3.8, 4) is 17.2 Å². The van der Waals surface area contributed by atoms with Crippen molar-refractivity contribution in [1.29, 1.82) is 0 Å². The van der Waals surface area contributed by atoms with E-state index in [0.29, 0.717) is 16.5 Å². The van der Waals surface area contributed by atoms with Crippen molar-refractivity contribution >= 4 is 24.9 Å². The van der Waals surface area contributed by atoms with E-state index in [4.69, 9.17) is 30.1 Å². The van der Waals surface area contributed by atoms with Crippen molar-refractivity contribution in [3.63, 3.8) is 0 Å². The highest BCUT2D eigenvalue weighted by Crippen LogP contribution is 2.47. The summed E-state index contributed by atoms with van der Waals surface area (Å²) in [5.41, 5.74) is -0.304. The van der Waals surface area contributed by atoms with E-state index in [1.807, 2.05) is 0 Å². The van der Waals surface area contributed by atoms with Crippen LogP contribution in [-0.2, 0) is 13.6 Å². The first-order valence-corrected chi connectivity index (χ1v) is 9.02. The number of nitro groups is 1. The maximum atomic E-state index is 12.0. The summed E-state index contributed by atoms with van der Waals surface area (Å²) < 4.78 is 32.4. The molecule has 0 N–H and O–H groups in total. The predicted octanol–water partition coefficient (Wildman–Crippen LogP) is 4.86. The highest BCUT2D eigenvalue weighted by Gasteiger charge is 2.25. The molecule has 0 heterocycles. The molecule has 0 aliphatic heterocycles. The minimum Gasteiger partial charge on any atom is -0.474 e. The molecule has 134 valence electrons. The first kappa shape index (κ1) is 19.2. The van der Waals surface area contributed by atoms with E-state index in [0.717, 1.165) is 0 Å². The fourth-order valence-corrected chi connectivity index (χ4v) is 2.57. The van der Waals surface area contributed by atoms with E-state index in [9.17, 15) is 14.7 Å². The molecule has 25 heavy (non-hydrogen) atoms. The highest BCUT2D eigenvalue weighted by atomic mass is 35.5. The molecule has 10 heteroatoms. The molecule has 0 aliphatic rings. The third-order valence-corrected chi connectivity index (χ3v) is 4.92. The molecule has 2 rings (SSSR count). The molecule has 2 aromatic rings. The van der Waals surface area contributed by atoms with Gasteiger partial charge in [-0.1, -0.05) is 11.6 Å². The lowest BCUT2D eigenvalue weighted by Crippen LogP contribution is -2.04. The Morgan fingerprint density at radius 2 is 1.68 bits per heavy atom. The molecule has 0 aliphatic carbocycles. The quantitative estimate of drug-likeness (QED) is 0.362. The highest BCUT2D eigenvalue weighted by molar-refractivity contribution is 7.53. The second kappa shape index (κ2) is 8.31. The smallest absolute Gasteiger partial charge is 0.367 e. The normalized spacial score (nSPS) is 11.2. The Kier molecular flexibility index (Phi) is 6.39. The van der Waals surface area contributed by atoms with Gasteiger partial charge in [0.15, 0.2) is 6.35 Å². The SMILES string of the molecule is COP(=O)(COc1cc(Oc2ccc(Cl)cc2)ccc1[N+](=O)[O-])OC. The van der Waals surface area contributed by atoms with Crippen LogP contribution >= 0.6 is 19.2 Å². The Morgan fingerprint density at radius 3 is 2.24 bits per heavy atom. The van der Waals surface area contributed by atoms with Crippen molar-refractivity contribution in [2.24, 2.45) is 0 Å². The second-order valence-corrected chi connectivity index (χ2v) is 7.34. The number of nitro benzene ring substituents is 1. The van der Waals surface area contributed by atoms with E-state index in [1.54, 1.807) is 24.3 Å². The topological polar surface area (TPSA) is 97.1 Å². The minimum absolute atomic E-state index is 0.120. The van der Waals surface area contributed by atoms with Gasteiger partial charge in [0.1, 0.15) is 11.5 Å². The van der Waals surface area contributed by atoms with Crippen molar-refractivity contribution in [2.75, 3.05) is 20.6 Å². The van der Waals surface area contributed by atoms with Gasteiger partial charge in [-0.15, -0.1) is 0 Å². The summed E-state index contributed by atoms with van der Waals surface area (Å²) in [6.07, 6.45) is -0.481. The van der Waals surface area contributed by atoms with Crippen molar-refractivity contribution in [1.82, 2.24) is 0 Å². The van der Waals surface area contributed by atoms with Gasteiger partial charge in [0.2, 0.25) is 5.75 Å². The van der Waals surface area contributed by atoms with E-state index >= 15 is 0 Å². The molecular formula is C15H15ClNO7P. The van der Waals surface area contributed by atoms with Crippen molar-refractivity contribution in [3.05, 3.63) is 57.6 Å². The summed E-state index contributed by atoms with van der Waals surface area (Å²) in [5, 5.41) is 11.7. The zero-order valence-electron chi connectivity index (χ0n) is 13.4. The zero-order valence-corrected chi connectivity index (χ0v) is 15.0. The van der Waals surface area contributed by atoms with Gasteiger partial charge in [-0.25, -0.2) is 0 Å². The van der Waals surface area contributed by atoms with Gasteiger partial charge in [0, 0.05) is 31.4 Å². The van der Waals surface area contributed by atoms with Crippen LogP contribution < -0.4 is 9.47 Å². The molecule has 0 saturated heterocycles. The van der Waals surface area contributed by atoms with Gasteiger partial charge in [-0.2, -0.15) is 0 Å². The summed E-state index contributed by atoms with van der Waals surface area (Å²) in [7, 11) is -1.09.